The van der Waals surface area contributed by atoms with Gasteiger partial charge in [-0.05, 0) is 43.4 Å². The molecule has 0 aliphatic carbocycles. The van der Waals surface area contributed by atoms with Gasteiger partial charge in [-0.2, -0.15) is 0 Å². The van der Waals surface area contributed by atoms with Crippen LogP contribution in [0.3, 0.4) is 0 Å². The van der Waals surface area contributed by atoms with Gasteiger partial charge in [-0.15, -0.1) is 0 Å². The fraction of sp³-hybridized carbons (Fsp3) is 0.583. The topological polar surface area (TPSA) is 33.1 Å². The molecule has 0 spiro atoms. The number of nitrogens with zero attached hydrogens (tertiary/aromatic N) is 1. The smallest absolute Gasteiger partial charge is 0.0540 e. The molecule has 0 fully saturated rings. The van der Waals surface area contributed by atoms with E-state index in [1.165, 1.54) is 5.56 Å². The van der Waals surface area contributed by atoms with Crippen molar-refractivity contribution in [3.8, 4) is 0 Å². The standard InChI is InChI=1S/C12H19NO/c1-3-12(10(2)14)5-4-11-6-8-13-9-7-11/h6-10,12,14H,3-5H2,1-2H3. The third kappa shape index (κ3) is 3.46. The van der Waals surface area contributed by atoms with Crippen molar-refractivity contribution < 1.29 is 5.11 Å². The summed E-state index contributed by atoms with van der Waals surface area (Å²) >= 11 is 0. The minimum absolute atomic E-state index is 0.193. The molecule has 1 aromatic heterocycles. The van der Waals surface area contributed by atoms with Crippen molar-refractivity contribution in [2.24, 2.45) is 5.92 Å². The summed E-state index contributed by atoms with van der Waals surface area (Å²) in [5.41, 5.74) is 1.30. The molecule has 1 rings (SSSR count). The highest BCUT2D eigenvalue weighted by molar-refractivity contribution is 5.09. The molecule has 0 saturated heterocycles. The van der Waals surface area contributed by atoms with Crippen LogP contribution in [0.25, 0.3) is 0 Å². The summed E-state index contributed by atoms with van der Waals surface area (Å²) in [5, 5.41) is 9.48. The minimum Gasteiger partial charge on any atom is -0.393 e. The molecular weight excluding hydrogens is 174 g/mol. The van der Waals surface area contributed by atoms with Crippen LogP contribution in [0.1, 0.15) is 32.3 Å². The third-order valence-corrected chi connectivity index (χ3v) is 2.76. The second-order valence-electron chi connectivity index (χ2n) is 3.80. The Kier molecular flexibility index (Phi) is 4.60. The Bertz CT molecular complexity index is 246. The SMILES string of the molecule is CCC(CCc1ccncc1)C(C)O. The molecule has 78 valence electrons. The van der Waals surface area contributed by atoms with Gasteiger partial charge in [-0.25, -0.2) is 0 Å². The van der Waals surface area contributed by atoms with E-state index in [0.717, 1.165) is 19.3 Å². The molecule has 0 aliphatic rings. The van der Waals surface area contributed by atoms with Gasteiger partial charge >= 0.3 is 0 Å². The monoisotopic (exact) mass is 193 g/mol. The average Bonchev–Trinajstić information content (AvgIpc) is 2.20. The van der Waals surface area contributed by atoms with Crippen LogP contribution in [0.5, 0.6) is 0 Å². The summed E-state index contributed by atoms with van der Waals surface area (Å²) in [5.74, 6) is 0.420. The normalized spacial score (nSPS) is 15.1. The first-order valence-corrected chi connectivity index (χ1v) is 5.31. The zero-order valence-electron chi connectivity index (χ0n) is 8.98. The van der Waals surface area contributed by atoms with Gasteiger partial charge in [0, 0.05) is 12.4 Å². The molecule has 0 aromatic carbocycles. The fourth-order valence-corrected chi connectivity index (χ4v) is 1.69. The lowest BCUT2D eigenvalue weighted by atomic mass is 9.93. The number of aliphatic hydroxyl groups is 1. The van der Waals surface area contributed by atoms with Crippen molar-refractivity contribution in [3.63, 3.8) is 0 Å². The number of hydrogen-bond acceptors (Lipinski definition) is 2. The van der Waals surface area contributed by atoms with Gasteiger partial charge in [0.05, 0.1) is 6.10 Å². The van der Waals surface area contributed by atoms with Crippen LogP contribution in [0.4, 0.5) is 0 Å². The van der Waals surface area contributed by atoms with Crippen LogP contribution in [-0.4, -0.2) is 16.2 Å². The van der Waals surface area contributed by atoms with Crippen LogP contribution < -0.4 is 0 Å². The maximum absolute atomic E-state index is 9.48. The van der Waals surface area contributed by atoms with E-state index in [0.29, 0.717) is 5.92 Å². The molecule has 2 atom stereocenters. The highest BCUT2D eigenvalue weighted by Gasteiger charge is 2.11. The van der Waals surface area contributed by atoms with Crippen molar-refractivity contribution in [2.75, 3.05) is 0 Å². The molecule has 2 nitrogen and oxygen atoms in total. The van der Waals surface area contributed by atoms with E-state index in [1.54, 1.807) is 0 Å². The molecule has 0 bridgehead atoms. The maximum atomic E-state index is 9.48. The van der Waals surface area contributed by atoms with Crippen LogP contribution >= 0.6 is 0 Å². The molecule has 1 aromatic rings. The molecule has 2 unspecified atom stereocenters. The van der Waals surface area contributed by atoms with Crippen molar-refractivity contribution >= 4 is 0 Å². The molecule has 0 radical (unpaired) electrons. The summed E-state index contributed by atoms with van der Waals surface area (Å²) in [6.45, 7) is 4.00. The molecular formula is C12H19NO. The van der Waals surface area contributed by atoms with E-state index in [9.17, 15) is 5.11 Å². The molecule has 2 heteroatoms. The number of aryl methyl sites for hydroxylation is 1. The lowest BCUT2D eigenvalue weighted by molar-refractivity contribution is 0.118. The second-order valence-corrected chi connectivity index (χ2v) is 3.80. The van der Waals surface area contributed by atoms with Crippen molar-refractivity contribution in [1.29, 1.82) is 0 Å². The van der Waals surface area contributed by atoms with Crippen LogP contribution in [0, 0.1) is 5.92 Å². The quantitative estimate of drug-likeness (QED) is 0.779. The Labute approximate surface area is 86.0 Å². The first kappa shape index (κ1) is 11.2. The Balaban J connectivity index is 2.40. The van der Waals surface area contributed by atoms with Gasteiger partial charge in [-0.3, -0.25) is 4.98 Å². The molecule has 0 amide bonds. The van der Waals surface area contributed by atoms with Gasteiger partial charge in [-0.1, -0.05) is 13.3 Å². The molecule has 1 heterocycles. The summed E-state index contributed by atoms with van der Waals surface area (Å²) in [7, 11) is 0. The number of rotatable bonds is 5. The first-order chi connectivity index (χ1) is 6.74. The van der Waals surface area contributed by atoms with Gasteiger partial charge in [0.15, 0.2) is 0 Å². The Hall–Kier alpha value is -0.890. The van der Waals surface area contributed by atoms with E-state index in [2.05, 4.69) is 11.9 Å². The van der Waals surface area contributed by atoms with E-state index in [-0.39, 0.29) is 6.10 Å². The number of aliphatic hydroxyl groups excluding tert-OH is 1. The van der Waals surface area contributed by atoms with Crippen LogP contribution in [0.2, 0.25) is 0 Å². The van der Waals surface area contributed by atoms with E-state index in [4.69, 9.17) is 0 Å². The second kappa shape index (κ2) is 5.76. The highest BCUT2D eigenvalue weighted by atomic mass is 16.3. The van der Waals surface area contributed by atoms with E-state index in [1.807, 2.05) is 31.5 Å². The van der Waals surface area contributed by atoms with Gasteiger partial charge < -0.3 is 5.11 Å². The largest absolute Gasteiger partial charge is 0.393 e. The predicted octanol–water partition coefficient (Wildman–Crippen LogP) is 2.42. The Morgan fingerprint density at radius 2 is 2.00 bits per heavy atom. The number of pyridine rings is 1. The van der Waals surface area contributed by atoms with Gasteiger partial charge in [0.1, 0.15) is 0 Å². The predicted molar refractivity (Wildman–Crippen MR) is 58.0 cm³/mol. The molecule has 0 aliphatic heterocycles. The molecule has 14 heavy (non-hydrogen) atoms. The summed E-state index contributed by atoms with van der Waals surface area (Å²) < 4.78 is 0. The number of aromatic nitrogens is 1. The van der Waals surface area contributed by atoms with Crippen molar-refractivity contribution in [1.82, 2.24) is 4.98 Å². The van der Waals surface area contributed by atoms with E-state index < -0.39 is 0 Å². The Morgan fingerprint density at radius 3 is 2.50 bits per heavy atom. The average molecular weight is 193 g/mol. The molecule has 1 N–H and O–H groups in total. The minimum atomic E-state index is -0.193. The van der Waals surface area contributed by atoms with Crippen molar-refractivity contribution in [2.45, 2.75) is 39.2 Å². The zero-order chi connectivity index (χ0) is 10.4. The summed E-state index contributed by atoms with van der Waals surface area (Å²) in [4.78, 5) is 3.98. The van der Waals surface area contributed by atoms with Gasteiger partial charge in [0.2, 0.25) is 0 Å². The summed E-state index contributed by atoms with van der Waals surface area (Å²) in [6.07, 6.45) is 6.58. The van der Waals surface area contributed by atoms with Crippen LogP contribution in [-0.2, 0) is 6.42 Å². The fourth-order valence-electron chi connectivity index (χ4n) is 1.69. The van der Waals surface area contributed by atoms with E-state index >= 15 is 0 Å². The molecule has 0 saturated carbocycles. The highest BCUT2D eigenvalue weighted by Crippen LogP contribution is 2.16. The lowest BCUT2D eigenvalue weighted by Gasteiger charge is -2.17. The third-order valence-electron chi connectivity index (χ3n) is 2.76. The summed E-state index contributed by atoms with van der Waals surface area (Å²) in [6, 6.07) is 4.07. The maximum Gasteiger partial charge on any atom is 0.0540 e. The Morgan fingerprint density at radius 1 is 1.36 bits per heavy atom. The number of hydrogen-bond donors (Lipinski definition) is 1. The van der Waals surface area contributed by atoms with Crippen LogP contribution in [0.15, 0.2) is 24.5 Å². The first-order valence-electron chi connectivity index (χ1n) is 5.31. The van der Waals surface area contributed by atoms with Gasteiger partial charge in [0.25, 0.3) is 0 Å². The van der Waals surface area contributed by atoms with Crippen molar-refractivity contribution in [3.05, 3.63) is 30.1 Å². The lowest BCUT2D eigenvalue weighted by Crippen LogP contribution is -2.16. The zero-order valence-corrected chi connectivity index (χ0v) is 8.98.